The minimum absolute atomic E-state index is 0.0215. The lowest BCUT2D eigenvalue weighted by Crippen LogP contribution is -2.30. The molecule has 0 bridgehead atoms. The fraction of sp³-hybridized carbons (Fsp3) is 0.462. The van der Waals surface area contributed by atoms with E-state index in [2.05, 4.69) is 5.32 Å². The molecule has 1 fully saturated rings. The summed E-state index contributed by atoms with van der Waals surface area (Å²) in [5, 5.41) is 2.86. The van der Waals surface area contributed by atoms with Gasteiger partial charge in [-0.25, -0.2) is 0 Å². The Morgan fingerprint density at radius 3 is 2.72 bits per heavy atom. The largest absolute Gasteiger partial charge is 0.497 e. The average Bonchev–Trinajstić information content (AvgIpc) is 3.19. The van der Waals surface area contributed by atoms with Gasteiger partial charge >= 0.3 is 0 Å². The highest BCUT2D eigenvalue weighted by molar-refractivity contribution is 5.78. The van der Waals surface area contributed by atoms with E-state index in [4.69, 9.17) is 15.2 Å². The Morgan fingerprint density at radius 2 is 2.11 bits per heavy atom. The van der Waals surface area contributed by atoms with Gasteiger partial charge in [-0.15, -0.1) is 0 Å². The summed E-state index contributed by atoms with van der Waals surface area (Å²) in [5.74, 6) is 1.19. The van der Waals surface area contributed by atoms with Gasteiger partial charge in [-0.2, -0.15) is 0 Å². The van der Waals surface area contributed by atoms with Crippen molar-refractivity contribution in [3.05, 3.63) is 23.8 Å². The van der Waals surface area contributed by atoms with E-state index in [-0.39, 0.29) is 12.5 Å². The normalized spacial score (nSPS) is 14.1. The van der Waals surface area contributed by atoms with Crippen molar-refractivity contribution < 1.29 is 14.3 Å². The van der Waals surface area contributed by atoms with E-state index in [0.717, 1.165) is 18.4 Å². The molecule has 18 heavy (non-hydrogen) atoms. The van der Waals surface area contributed by atoms with E-state index < -0.39 is 0 Å². The molecule has 5 heteroatoms. The van der Waals surface area contributed by atoms with Gasteiger partial charge in [0.15, 0.2) is 6.61 Å². The summed E-state index contributed by atoms with van der Waals surface area (Å²) in [6, 6.07) is 5.75. The predicted octanol–water partition coefficient (Wildman–Crippen LogP) is 0.811. The molecule has 0 aromatic heterocycles. The number of ether oxygens (including phenoxy) is 2. The van der Waals surface area contributed by atoms with Gasteiger partial charge in [0.2, 0.25) is 0 Å². The van der Waals surface area contributed by atoms with Crippen molar-refractivity contribution in [3.8, 4) is 11.5 Å². The lowest BCUT2D eigenvalue weighted by molar-refractivity contribution is -0.123. The summed E-state index contributed by atoms with van der Waals surface area (Å²) in [4.78, 5) is 11.5. The lowest BCUT2D eigenvalue weighted by atomic mass is 10.2. The van der Waals surface area contributed by atoms with E-state index in [9.17, 15) is 4.79 Å². The Bertz CT molecular complexity index is 408. The Labute approximate surface area is 106 Å². The Balaban J connectivity index is 1.92. The second-order valence-electron chi connectivity index (χ2n) is 4.35. The van der Waals surface area contributed by atoms with Gasteiger partial charge in [0.05, 0.1) is 7.11 Å². The second kappa shape index (κ2) is 5.73. The van der Waals surface area contributed by atoms with Crippen LogP contribution >= 0.6 is 0 Å². The number of hydrogen-bond acceptors (Lipinski definition) is 4. The molecular formula is C13H18N2O3. The van der Waals surface area contributed by atoms with Crippen molar-refractivity contribution >= 4 is 5.91 Å². The Kier molecular flexibility index (Phi) is 4.04. The van der Waals surface area contributed by atoms with Crippen LogP contribution in [0, 0.1) is 0 Å². The van der Waals surface area contributed by atoms with E-state index in [1.807, 2.05) is 12.1 Å². The molecule has 98 valence electrons. The highest BCUT2D eigenvalue weighted by Gasteiger charge is 2.23. The number of benzene rings is 1. The van der Waals surface area contributed by atoms with Crippen molar-refractivity contribution in [1.82, 2.24) is 5.32 Å². The first-order valence-corrected chi connectivity index (χ1v) is 6.01. The predicted molar refractivity (Wildman–Crippen MR) is 67.5 cm³/mol. The maximum absolute atomic E-state index is 11.5. The van der Waals surface area contributed by atoms with Crippen LogP contribution in [0.5, 0.6) is 11.5 Å². The zero-order valence-electron chi connectivity index (χ0n) is 10.4. The van der Waals surface area contributed by atoms with Crippen LogP contribution in [0.3, 0.4) is 0 Å². The minimum Gasteiger partial charge on any atom is -0.497 e. The SMILES string of the molecule is COc1cc(CN)cc(OCC(=O)NC2CC2)c1. The highest BCUT2D eigenvalue weighted by Crippen LogP contribution is 2.22. The molecule has 1 aliphatic carbocycles. The lowest BCUT2D eigenvalue weighted by Gasteiger charge is -2.10. The first-order valence-electron chi connectivity index (χ1n) is 6.01. The monoisotopic (exact) mass is 250 g/mol. The molecule has 0 heterocycles. The van der Waals surface area contributed by atoms with E-state index in [1.165, 1.54) is 0 Å². The maximum atomic E-state index is 11.5. The first kappa shape index (κ1) is 12.7. The van der Waals surface area contributed by atoms with Crippen molar-refractivity contribution in [2.75, 3.05) is 13.7 Å². The summed E-state index contributed by atoms with van der Waals surface area (Å²) >= 11 is 0. The standard InChI is InChI=1S/C13H18N2O3/c1-17-11-4-9(7-14)5-12(6-11)18-8-13(16)15-10-2-3-10/h4-6,10H,2-3,7-8,14H2,1H3,(H,15,16). The molecule has 0 aliphatic heterocycles. The summed E-state index contributed by atoms with van der Waals surface area (Å²) in [7, 11) is 1.58. The molecule has 0 radical (unpaired) electrons. The molecule has 1 amide bonds. The number of nitrogens with two attached hydrogens (primary N) is 1. The minimum atomic E-state index is -0.0883. The van der Waals surface area contributed by atoms with Gasteiger partial charge in [-0.3, -0.25) is 4.79 Å². The quantitative estimate of drug-likeness (QED) is 0.783. The van der Waals surface area contributed by atoms with Gasteiger partial charge in [-0.05, 0) is 30.5 Å². The number of amides is 1. The number of methoxy groups -OCH3 is 1. The number of carbonyl (C=O) groups is 1. The molecule has 2 rings (SSSR count). The molecule has 5 nitrogen and oxygen atoms in total. The van der Waals surface area contributed by atoms with Gasteiger partial charge in [0.1, 0.15) is 11.5 Å². The third kappa shape index (κ3) is 3.63. The summed E-state index contributed by atoms with van der Waals surface area (Å²) in [6.45, 7) is 0.426. The topological polar surface area (TPSA) is 73.6 Å². The first-order chi connectivity index (χ1) is 8.71. The van der Waals surface area contributed by atoms with Crippen LogP contribution in [0.1, 0.15) is 18.4 Å². The van der Waals surface area contributed by atoms with Crippen molar-refractivity contribution in [1.29, 1.82) is 0 Å². The van der Waals surface area contributed by atoms with Crippen LogP contribution in [0.15, 0.2) is 18.2 Å². The van der Waals surface area contributed by atoms with Crippen LogP contribution in [0.2, 0.25) is 0 Å². The third-order valence-electron chi connectivity index (χ3n) is 2.72. The number of carbonyl (C=O) groups excluding carboxylic acids is 1. The molecule has 3 N–H and O–H groups in total. The zero-order chi connectivity index (χ0) is 13.0. The Hall–Kier alpha value is -1.75. The van der Waals surface area contributed by atoms with Crippen molar-refractivity contribution in [3.63, 3.8) is 0 Å². The zero-order valence-corrected chi connectivity index (χ0v) is 10.4. The van der Waals surface area contributed by atoms with Crippen molar-refractivity contribution in [2.45, 2.75) is 25.4 Å². The summed E-state index contributed by atoms with van der Waals surface area (Å²) < 4.78 is 10.6. The van der Waals surface area contributed by atoms with E-state index in [0.29, 0.717) is 24.1 Å². The van der Waals surface area contributed by atoms with Gasteiger partial charge in [0, 0.05) is 18.7 Å². The van der Waals surface area contributed by atoms with Gasteiger partial charge < -0.3 is 20.5 Å². The van der Waals surface area contributed by atoms with Gasteiger partial charge in [-0.1, -0.05) is 0 Å². The highest BCUT2D eigenvalue weighted by atomic mass is 16.5. The van der Waals surface area contributed by atoms with E-state index in [1.54, 1.807) is 13.2 Å². The fourth-order valence-electron chi connectivity index (χ4n) is 1.60. The molecule has 0 atom stereocenters. The number of hydrogen-bond donors (Lipinski definition) is 2. The Morgan fingerprint density at radius 1 is 1.39 bits per heavy atom. The molecule has 0 unspecified atom stereocenters. The van der Waals surface area contributed by atoms with Crippen LogP contribution in [-0.2, 0) is 11.3 Å². The van der Waals surface area contributed by atoms with Crippen molar-refractivity contribution in [2.24, 2.45) is 5.73 Å². The smallest absolute Gasteiger partial charge is 0.258 e. The van der Waals surface area contributed by atoms with Crippen LogP contribution in [-0.4, -0.2) is 25.7 Å². The molecule has 0 saturated heterocycles. The van der Waals surface area contributed by atoms with Gasteiger partial charge in [0.25, 0.3) is 5.91 Å². The van der Waals surface area contributed by atoms with Crippen LogP contribution < -0.4 is 20.5 Å². The molecule has 0 spiro atoms. The molecule has 1 aromatic carbocycles. The number of rotatable bonds is 6. The average molecular weight is 250 g/mol. The fourth-order valence-corrected chi connectivity index (χ4v) is 1.60. The molecule has 1 saturated carbocycles. The van der Waals surface area contributed by atoms with Crippen LogP contribution in [0.25, 0.3) is 0 Å². The molecular weight excluding hydrogens is 232 g/mol. The number of nitrogens with one attached hydrogen (secondary N) is 1. The summed E-state index contributed by atoms with van der Waals surface area (Å²) in [5.41, 5.74) is 6.49. The molecule has 1 aromatic rings. The second-order valence-corrected chi connectivity index (χ2v) is 4.35. The van der Waals surface area contributed by atoms with E-state index >= 15 is 0 Å². The summed E-state index contributed by atoms with van der Waals surface area (Å²) in [6.07, 6.45) is 2.14. The van der Waals surface area contributed by atoms with Crippen LogP contribution in [0.4, 0.5) is 0 Å². The third-order valence-corrected chi connectivity index (χ3v) is 2.72. The molecule has 1 aliphatic rings. The maximum Gasteiger partial charge on any atom is 0.258 e.